The van der Waals surface area contributed by atoms with Gasteiger partial charge in [-0.3, -0.25) is 4.79 Å². The topological polar surface area (TPSA) is 86.5 Å². The van der Waals surface area contributed by atoms with Crippen LogP contribution in [-0.2, 0) is 17.6 Å². The van der Waals surface area contributed by atoms with Gasteiger partial charge in [0.2, 0.25) is 17.6 Å². The van der Waals surface area contributed by atoms with Crippen molar-refractivity contribution < 1.29 is 18.8 Å². The van der Waals surface area contributed by atoms with Gasteiger partial charge in [0.15, 0.2) is 0 Å². The van der Waals surface area contributed by atoms with Crippen molar-refractivity contribution in [1.82, 2.24) is 15.5 Å². The fraction of sp³-hybridized carbons (Fsp3) is 0.250. The molecule has 0 atom stereocenters. The molecule has 27 heavy (non-hydrogen) atoms. The van der Waals surface area contributed by atoms with E-state index >= 15 is 0 Å². The van der Waals surface area contributed by atoms with Crippen LogP contribution in [0, 0.1) is 0 Å². The van der Waals surface area contributed by atoms with Gasteiger partial charge in [-0.2, -0.15) is 4.98 Å². The number of nitrogens with one attached hydrogen (secondary N) is 1. The third-order valence-electron chi connectivity index (χ3n) is 4.02. The molecule has 7 heteroatoms. The summed E-state index contributed by atoms with van der Waals surface area (Å²) in [4.78, 5) is 16.3. The van der Waals surface area contributed by atoms with Gasteiger partial charge in [-0.1, -0.05) is 17.3 Å². The number of aromatic nitrogens is 2. The summed E-state index contributed by atoms with van der Waals surface area (Å²) in [6, 6.07) is 15.1. The van der Waals surface area contributed by atoms with Crippen molar-refractivity contribution in [1.29, 1.82) is 0 Å². The maximum Gasteiger partial charge on any atom is 0.236 e. The van der Waals surface area contributed by atoms with Gasteiger partial charge in [0.1, 0.15) is 17.9 Å². The average Bonchev–Trinajstić information content (AvgIpc) is 3.17. The largest absolute Gasteiger partial charge is 0.497 e. The number of carbonyl (C=O) groups is 1. The van der Waals surface area contributed by atoms with Gasteiger partial charge < -0.3 is 19.3 Å². The molecule has 1 aromatic heterocycles. The highest BCUT2D eigenvalue weighted by Crippen LogP contribution is 2.19. The minimum Gasteiger partial charge on any atom is -0.497 e. The van der Waals surface area contributed by atoms with Crippen LogP contribution in [0.1, 0.15) is 11.5 Å². The monoisotopic (exact) mass is 367 g/mol. The number of ether oxygens (including phenoxy) is 2. The number of hydrogen-bond donors (Lipinski definition) is 1. The summed E-state index contributed by atoms with van der Waals surface area (Å²) >= 11 is 0. The Labute approximate surface area is 157 Å². The van der Waals surface area contributed by atoms with E-state index < -0.39 is 0 Å². The van der Waals surface area contributed by atoms with E-state index in [1.165, 1.54) is 0 Å². The van der Waals surface area contributed by atoms with Gasteiger partial charge in [0.05, 0.1) is 14.2 Å². The molecule has 0 saturated heterocycles. The summed E-state index contributed by atoms with van der Waals surface area (Å²) in [6.07, 6.45) is 0.780. The molecular formula is C20H21N3O4. The molecule has 0 saturated carbocycles. The lowest BCUT2D eigenvalue weighted by molar-refractivity contribution is -0.120. The summed E-state index contributed by atoms with van der Waals surface area (Å²) < 4.78 is 15.4. The van der Waals surface area contributed by atoms with Crippen LogP contribution < -0.4 is 14.8 Å². The Morgan fingerprint density at radius 1 is 1.00 bits per heavy atom. The van der Waals surface area contributed by atoms with E-state index in [9.17, 15) is 4.79 Å². The molecule has 3 aromatic rings. The predicted octanol–water partition coefficient (Wildman–Crippen LogP) is 2.66. The molecule has 3 rings (SSSR count). The molecule has 0 unspecified atom stereocenters. The van der Waals surface area contributed by atoms with E-state index in [0.29, 0.717) is 12.4 Å². The van der Waals surface area contributed by atoms with Crippen molar-refractivity contribution in [3.8, 4) is 22.9 Å². The molecule has 0 aliphatic carbocycles. The Kier molecular flexibility index (Phi) is 6.04. The van der Waals surface area contributed by atoms with E-state index in [4.69, 9.17) is 14.0 Å². The van der Waals surface area contributed by atoms with Crippen molar-refractivity contribution in [3.05, 3.63) is 60.0 Å². The average molecular weight is 367 g/mol. The lowest BCUT2D eigenvalue weighted by atomic mass is 10.1. The maximum absolute atomic E-state index is 12.1. The number of methoxy groups -OCH3 is 2. The molecule has 0 aliphatic rings. The van der Waals surface area contributed by atoms with Crippen LogP contribution in [0.15, 0.2) is 53.1 Å². The maximum atomic E-state index is 12.1. The van der Waals surface area contributed by atoms with Crippen LogP contribution >= 0.6 is 0 Å². The molecule has 1 heterocycles. The van der Waals surface area contributed by atoms with Crippen LogP contribution in [0.3, 0.4) is 0 Å². The van der Waals surface area contributed by atoms with Crippen molar-refractivity contribution >= 4 is 5.91 Å². The standard InChI is InChI=1S/C20H21N3O4/c1-25-16-7-3-14(4-8-16)11-12-21-18(24)13-19-22-20(23-27-19)15-5-9-17(26-2)10-6-15/h3-10H,11-13H2,1-2H3,(H,21,24). The third kappa shape index (κ3) is 5.07. The number of carbonyl (C=O) groups excluding carboxylic acids is 1. The van der Waals surface area contributed by atoms with Gasteiger partial charge in [-0.15, -0.1) is 0 Å². The van der Waals surface area contributed by atoms with E-state index in [-0.39, 0.29) is 18.2 Å². The highest BCUT2D eigenvalue weighted by atomic mass is 16.5. The summed E-state index contributed by atoms with van der Waals surface area (Å²) in [5.74, 6) is 2.13. The predicted molar refractivity (Wildman–Crippen MR) is 99.7 cm³/mol. The second kappa shape index (κ2) is 8.84. The van der Waals surface area contributed by atoms with Crippen LogP contribution in [0.4, 0.5) is 0 Å². The summed E-state index contributed by atoms with van der Waals surface area (Å²) in [5.41, 5.74) is 1.92. The first kappa shape index (κ1) is 18.4. The fourth-order valence-corrected chi connectivity index (χ4v) is 2.52. The van der Waals surface area contributed by atoms with Crippen LogP contribution in [0.25, 0.3) is 11.4 Å². The minimum atomic E-state index is -0.159. The molecular weight excluding hydrogens is 346 g/mol. The Balaban J connectivity index is 1.48. The quantitative estimate of drug-likeness (QED) is 0.659. The van der Waals surface area contributed by atoms with Crippen molar-refractivity contribution in [2.45, 2.75) is 12.8 Å². The summed E-state index contributed by atoms with van der Waals surface area (Å²) in [5, 5.41) is 6.78. The second-order valence-corrected chi connectivity index (χ2v) is 5.87. The van der Waals surface area contributed by atoms with Gasteiger partial charge in [-0.05, 0) is 48.4 Å². The fourth-order valence-electron chi connectivity index (χ4n) is 2.52. The van der Waals surface area contributed by atoms with Crippen molar-refractivity contribution in [2.75, 3.05) is 20.8 Å². The molecule has 0 bridgehead atoms. The van der Waals surface area contributed by atoms with E-state index in [1.54, 1.807) is 14.2 Å². The molecule has 7 nitrogen and oxygen atoms in total. The van der Waals surface area contributed by atoms with Gasteiger partial charge in [0.25, 0.3) is 0 Å². The number of benzene rings is 2. The molecule has 1 N–H and O–H groups in total. The van der Waals surface area contributed by atoms with Crippen molar-refractivity contribution in [2.24, 2.45) is 0 Å². The number of amides is 1. The van der Waals surface area contributed by atoms with Gasteiger partial charge in [0, 0.05) is 12.1 Å². The Morgan fingerprint density at radius 2 is 1.63 bits per heavy atom. The Hall–Kier alpha value is -3.35. The van der Waals surface area contributed by atoms with E-state index in [2.05, 4.69) is 15.5 Å². The zero-order valence-electron chi connectivity index (χ0n) is 15.3. The summed E-state index contributed by atoms with van der Waals surface area (Å²) in [6.45, 7) is 0.532. The normalized spacial score (nSPS) is 10.4. The first-order chi connectivity index (χ1) is 13.2. The van der Waals surface area contributed by atoms with Gasteiger partial charge in [-0.25, -0.2) is 0 Å². The Morgan fingerprint density at radius 3 is 2.26 bits per heavy atom. The second-order valence-electron chi connectivity index (χ2n) is 5.87. The molecule has 0 aliphatic heterocycles. The molecule has 140 valence electrons. The number of nitrogens with zero attached hydrogens (tertiary/aromatic N) is 2. The first-order valence-electron chi connectivity index (χ1n) is 8.54. The van der Waals surface area contributed by atoms with Crippen LogP contribution in [0.2, 0.25) is 0 Å². The molecule has 0 radical (unpaired) electrons. The smallest absolute Gasteiger partial charge is 0.236 e. The van der Waals surface area contributed by atoms with Crippen LogP contribution in [0.5, 0.6) is 11.5 Å². The van der Waals surface area contributed by atoms with Gasteiger partial charge >= 0.3 is 0 Å². The SMILES string of the molecule is COc1ccc(CCNC(=O)Cc2nc(-c3ccc(OC)cc3)no2)cc1. The molecule has 0 spiro atoms. The molecule has 1 amide bonds. The minimum absolute atomic E-state index is 0.0474. The zero-order chi connectivity index (χ0) is 19.1. The van der Waals surface area contributed by atoms with E-state index in [0.717, 1.165) is 29.0 Å². The first-order valence-corrected chi connectivity index (χ1v) is 8.54. The number of rotatable bonds is 8. The lowest BCUT2D eigenvalue weighted by Gasteiger charge is -2.05. The highest BCUT2D eigenvalue weighted by Gasteiger charge is 2.12. The highest BCUT2D eigenvalue weighted by molar-refractivity contribution is 5.77. The summed E-state index contributed by atoms with van der Waals surface area (Å²) in [7, 11) is 3.24. The molecule has 2 aromatic carbocycles. The van der Waals surface area contributed by atoms with E-state index in [1.807, 2.05) is 48.5 Å². The lowest BCUT2D eigenvalue weighted by Crippen LogP contribution is -2.27. The molecule has 0 fully saturated rings. The van der Waals surface area contributed by atoms with Crippen molar-refractivity contribution in [3.63, 3.8) is 0 Å². The third-order valence-corrected chi connectivity index (χ3v) is 4.02. The van der Waals surface area contributed by atoms with Crippen LogP contribution in [-0.4, -0.2) is 36.8 Å². The number of hydrogen-bond acceptors (Lipinski definition) is 6. The zero-order valence-corrected chi connectivity index (χ0v) is 15.3. The Bertz CT molecular complexity index is 873.